The molecule has 0 saturated heterocycles. The molecule has 0 saturated carbocycles. The quantitative estimate of drug-likeness (QED) is 0.546. The number of fused-ring (bicyclic) bond motifs is 1. The van der Waals surface area contributed by atoms with Crippen molar-refractivity contribution in [2.75, 3.05) is 0 Å². The molecule has 1 aromatic heterocycles. The molecule has 2 unspecified atom stereocenters. The monoisotopic (exact) mass is 160 g/mol. The van der Waals surface area contributed by atoms with Crippen LogP contribution in [0.25, 0.3) is 12.2 Å². The summed E-state index contributed by atoms with van der Waals surface area (Å²) in [6, 6.07) is 0. The number of hydrogen-bond acceptors (Lipinski definition) is 2. The van der Waals surface area contributed by atoms with E-state index in [1.165, 1.54) is 5.22 Å². The molecule has 0 radical (unpaired) electrons. The van der Waals surface area contributed by atoms with Crippen LogP contribution in [-0.4, -0.2) is 9.97 Å². The third-order valence-corrected chi connectivity index (χ3v) is 2.47. The van der Waals surface area contributed by atoms with E-state index in [0.717, 1.165) is 5.35 Å². The maximum atomic E-state index is 4.21. The van der Waals surface area contributed by atoms with E-state index in [9.17, 15) is 0 Å². The summed E-state index contributed by atoms with van der Waals surface area (Å²) in [5.74, 6) is 1.19. The molecule has 62 valence electrons. The van der Waals surface area contributed by atoms with Crippen LogP contribution in [0.4, 0.5) is 0 Å². The summed E-state index contributed by atoms with van der Waals surface area (Å²) >= 11 is 0. The molecule has 12 heavy (non-hydrogen) atoms. The van der Waals surface area contributed by atoms with Gasteiger partial charge in [0.1, 0.15) is 6.33 Å². The average molecular weight is 160 g/mol. The molecule has 0 bridgehead atoms. The molecule has 0 spiro atoms. The number of nitrogens with zero attached hydrogens (tertiary/aromatic N) is 2. The van der Waals surface area contributed by atoms with Gasteiger partial charge in [0.2, 0.25) is 0 Å². The first kappa shape index (κ1) is 7.47. The van der Waals surface area contributed by atoms with Crippen LogP contribution in [0.1, 0.15) is 13.8 Å². The Morgan fingerprint density at radius 3 is 2.75 bits per heavy atom. The van der Waals surface area contributed by atoms with Crippen molar-refractivity contribution in [3.05, 3.63) is 23.1 Å². The van der Waals surface area contributed by atoms with Gasteiger partial charge in [0, 0.05) is 11.4 Å². The van der Waals surface area contributed by atoms with Crippen LogP contribution in [0, 0.1) is 11.8 Å². The molecule has 0 N–H and O–H groups in total. The van der Waals surface area contributed by atoms with Crippen LogP contribution in [0.15, 0.2) is 12.5 Å². The van der Waals surface area contributed by atoms with Gasteiger partial charge in [-0.2, -0.15) is 0 Å². The zero-order valence-corrected chi connectivity index (χ0v) is 7.36. The molecule has 1 aliphatic carbocycles. The van der Waals surface area contributed by atoms with Gasteiger partial charge >= 0.3 is 0 Å². The van der Waals surface area contributed by atoms with Crippen molar-refractivity contribution < 1.29 is 0 Å². The average Bonchev–Trinajstić information content (AvgIpc) is 2.07. The smallest absolute Gasteiger partial charge is 0.116 e. The van der Waals surface area contributed by atoms with Crippen molar-refractivity contribution in [3.63, 3.8) is 0 Å². The van der Waals surface area contributed by atoms with Crippen molar-refractivity contribution in [1.82, 2.24) is 9.97 Å². The minimum absolute atomic E-state index is 0.590. The Bertz CT molecular complexity index is 356. The van der Waals surface area contributed by atoms with Gasteiger partial charge in [-0.3, -0.25) is 0 Å². The van der Waals surface area contributed by atoms with Crippen molar-refractivity contribution in [3.8, 4) is 0 Å². The topological polar surface area (TPSA) is 25.8 Å². The van der Waals surface area contributed by atoms with E-state index in [0.29, 0.717) is 11.8 Å². The second kappa shape index (κ2) is 2.70. The van der Waals surface area contributed by atoms with Crippen LogP contribution in [0.5, 0.6) is 0 Å². The van der Waals surface area contributed by atoms with E-state index in [1.54, 1.807) is 6.33 Å². The van der Waals surface area contributed by atoms with Gasteiger partial charge in [0.15, 0.2) is 0 Å². The Kier molecular flexibility index (Phi) is 1.68. The lowest BCUT2D eigenvalue weighted by molar-refractivity contribution is 0.605. The van der Waals surface area contributed by atoms with E-state index in [4.69, 9.17) is 0 Å². The highest BCUT2D eigenvalue weighted by Gasteiger charge is 2.10. The van der Waals surface area contributed by atoms with Gasteiger partial charge in [0.05, 0.1) is 5.35 Å². The van der Waals surface area contributed by atoms with Gasteiger partial charge in [-0.1, -0.05) is 26.0 Å². The molecule has 2 rings (SSSR count). The van der Waals surface area contributed by atoms with Crippen molar-refractivity contribution in [1.29, 1.82) is 0 Å². The molecule has 2 nitrogen and oxygen atoms in total. The first-order valence-electron chi connectivity index (χ1n) is 4.27. The molecule has 1 aromatic rings. The fourth-order valence-electron chi connectivity index (χ4n) is 1.45. The standard InChI is InChI=1S/C10H12N2/c1-7-3-9-5-11-6-12-10(9)4-8(7)2/h3-8H,1-2H3. The Labute approximate surface area is 71.7 Å². The lowest BCUT2D eigenvalue weighted by Crippen LogP contribution is -2.34. The van der Waals surface area contributed by atoms with Crippen molar-refractivity contribution >= 4 is 12.2 Å². The molecule has 2 atom stereocenters. The van der Waals surface area contributed by atoms with Gasteiger partial charge in [0.25, 0.3) is 0 Å². The highest BCUT2D eigenvalue weighted by Crippen LogP contribution is 2.14. The van der Waals surface area contributed by atoms with Gasteiger partial charge in [-0.15, -0.1) is 0 Å². The molecule has 0 fully saturated rings. The first-order valence-corrected chi connectivity index (χ1v) is 4.27. The van der Waals surface area contributed by atoms with Gasteiger partial charge in [-0.05, 0) is 11.8 Å². The summed E-state index contributed by atoms with van der Waals surface area (Å²) in [6.07, 6.45) is 7.93. The Hall–Kier alpha value is -1.18. The zero-order chi connectivity index (χ0) is 8.55. The van der Waals surface area contributed by atoms with Crippen LogP contribution in [-0.2, 0) is 0 Å². The summed E-state index contributed by atoms with van der Waals surface area (Å²) in [4.78, 5) is 8.20. The molecule has 0 aromatic carbocycles. The summed E-state index contributed by atoms with van der Waals surface area (Å²) in [5.41, 5.74) is 0. The third kappa shape index (κ3) is 1.13. The van der Waals surface area contributed by atoms with Crippen LogP contribution in [0.3, 0.4) is 0 Å². The maximum absolute atomic E-state index is 4.21. The fraction of sp³-hybridized carbons (Fsp3) is 0.400. The Morgan fingerprint density at radius 2 is 1.92 bits per heavy atom. The second-order valence-corrected chi connectivity index (χ2v) is 3.41. The van der Waals surface area contributed by atoms with E-state index >= 15 is 0 Å². The van der Waals surface area contributed by atoms with Crippen LogP contribution >= 0.6 is 0 Å². The van der Waals surface area contributed by atoms with Crippen molar-refractivity contribution in [2.45, 2.75) is 13.8 Å². The SMILES string of the molecule is CC1C=c2cncnc2=CC1C. The highest BCUT2D eigenvalue weighted by atomic mass is 14.8. The summed E-state index contributed by atoms with van der Waals surface area (Å²) in [6.45, 7) is 4.43. The Morgan fingerprint density at radius 1 is 1.17 bits per heavy atom. The van der Waals surface area contributed by atoms with Crippen LogP contribution < -0.4 is 10.6 Å². The lowest BCUT2D eigenvalue weighted by atomic mass is 9.91. The van der Waals surface area contributed by atoms with Gasteiger partial charge in [-0.25, -0.2) is 9.97 Å². The van der Waals surface area contributed by atoms with Crippen LogP contribution in [0.2, 0.25) is 0 Å². The van der Waals surface area contributed by atoms with E-state index in [2.05, 4.69) is 36.0 Å². The molecule has 0 aliphatic heterocycles. The largest absolute Gasteiger partial charge is 0.244 e. The van der Waals surface area contributed by atoms with Crippen molar-refractivity contribution in [2.24, 2.45) is 11.8 Å². The molecule has 1 aliphatic rings. The highest BCUT2D eigenvalue weighted by molar-refractivity contribution is 5.39. The molecular weight excluding hydrogens is 148 g/mol. The Balaban J connectivity index is 2.70. The number of aromatic nitrogens is 2. The summed E-state index contributed by atoms with van der Waals surface area (Å²) in [5, 5.41) is 2.25. The maximum Gasteiger partial charge on any atom is 0.116 e. The lowest BCUT2D eigenvalue weighted by Gasteiger charge is -2.14. The predicted molar refractivity (Wildman–Crippen MR) is 48.5 cm³/mol. The third-order valence-electron chi connectivity index (χ3n) is 2.47. The molecular formula is C10H12N2. The second-order valence-electron chi connectivity index (χ2n) is 3.41. The van der Waals surface area contributed by atoms with E-state index in [1.807, 2.05) is 6.20 Å². The van der Waals surface area contributed by atoms with Gasteiger partial charge < -0.3 is 0 Å². The fourth-order valence-corrected chi connectivity index (χ4v) is 1.45. The molecule has 1 heterocycles. The number of hydrogen-bond donors (Lipinski definition) is 0. The molecule has 0 amide bonds. The zero-order valence-electron chi connectivity index (χ0n) is 7.36. The predicted octanol–water partition coefficient (Wildman–Crippen LogP) is 0.323. The normalized spacial score (nSPS) is 26.8. The summed E-state index contributed by atoms with van der Waals surface area (Å²) < 4.78 is 0. The first-order chi connectivity index (χ1) is 5.77. The van der Waals surface area contributed by atoms with E-state index < -0.39 is 0 Å². The minimum atomic E-state index is 0.590. The minimum Gasteiger partial charge on any atom is -0.244 e. The molecule has 2 heteroatoms. The number of rotatable bonds is 0. The summed E-state index contributed by atoms with van der Waals surface area (Å²) in [7, 11) is 0. The van der Waals surface area contributed by atoms with E-state index in [-0.39, 0.29) is 0 Å².